The first kappa shape index (κ1) is 32.4. The number of nitrogens with zero attached hydrogens (tertiary/aromatic N) is 5. The van der Waals surface area contributed by atoms with Gasteiger partial charge >= 0.3 is 15.6 Å². The zero-order valence-corrected chi connectivity index (χ0v) is 23.9. The van der Waals surface area contributed by atoms with Gasteiger partial charge in [-0.2, -0.15) is 4.31 Å². The number of phosphoric ester groups is 2. The molecule has 240 valence electrons. The van der Waals surface area contributed by atoms with E-state index in [2.05, 4.69) is 28.8 Å². The largest absolute Gasteiger partial charge is 0.859 e. The summed E-state index contributed by atoms with van der Waals surface area (Å²) in [4.78, 5) is 35.6. The normalized spacial score (nSPS) is 31.6. The predicted molar refractivity (Wildman–Crippen MR) is 139 cm³/mol. The van der Waals surface area contributed by atoms with E-state index in [4.69, 9.17) is 25.1 Å². The molecule has 0 aliphatic carbocycles. The third-order valence-electron chi connectivity index (χ3n) is 6.72. The Bertz CT molecular complexity index is 1630. The number of anilines is 1. The zero-order valence-electron chi connectivity index (χ0n) is 22.1. The average molecular weight is 662 g/mol. The van der Waals surface area contributed by atoms with Crippen molar-refractivity contribution in [2.45, 2.75) is 49.0 Å². The van der Waals surface area contributed by atoms with Crippen LogP contribution in [0.3, 0.4) is 0 Å². The summed E-state index contributed by atoms with van der Waals surface area (Å²) in [6.07, 6.45) is -7.29. The van der Waals surface area contributed by atoms with Gasteiger partial charge in [-0.3, -0.25) is 18.6 Å². The molecule has 5 rings (SSSR count). The lowest BCUT2D eigenvalue weighted by atomic mass is 10.0. The number of rotatable bonds is 11. The second-order valence-electron chi connectivity index (χ2n) is 9.65. The number of hydrogen-bond donors (Lipinski definition) is 8. The Labute approximate surface area is 246 Å². The van der Waals surface area contributed by atoms with Crippen molar-refractivity contribution in [3.8, 4) is 0 Å². The van der Waals surface area contributed by atoms with Crippen LogP contribution >= 0.6 is 15.6 Å². The van der Waals surface area contributed by atoms with Gasteiger partial charge in [-0.15, -0.1) is 0 Å². The van der Waals surface area contributed by atoms with Gasteiger partial charge in [0.1, 0.15) is 54.6 Å². The lowest BCUT2D eigenvalue weighted by Crippen LogP contribution is -2.33. The maximum Gasteiger partial charge on any atom is 0.481 e. The first-order valence-corrected chi connectivity index (χ1v) is 15.5. The number of nitrogens with two attached hydrogens (primary N) is 1. The van der Waals surface area contributed by atoms with E-state index in [9.17, 15) is 44.4 Å². The molecular weight excluding hydrogens is 636 g/mol. The monoisotopic (exact) mass is 662 g/mol. The summed E-state index contributed by atoms with van der Waals surface area (Å²) in [7, 11) is -10.8. The maximum atomic E-state index is 12.4. The minimum atomic E-state index is -5.38. The van der Waals surface area contributed by atoms with Gasteiger partial charge in [0, 0.05) is 23.5 Å². The van der Waals surface area contributed by atoms with Crippen LogP contribution in [0.1, 0.15) is 23.5 Å². The number of aromatic nitrogens is 5. The minimum Gasteiger partial charge on any atom is -0.859 e. The Kier molecular flexibility index (Phi) is 9.13. The molecule has 10 atom stereocenters. The Morgan fingerprint density at radius 3 is 2.27 bits per heavy atom. The quantitative estimate of drug-likeness (QED) is 0.0584. The second-order valence-corrected chi connectivity index (χ2v) is 12.7. The van der Waals surface area contributed by atoms with Crippen LogP contribution in [-0.2, 0) is 32.0 Å². The zero-order chi connectivity index (χ0) is 32.0. The van der Waals surface area contributed by atoms with Crippen LogP contribution in [0.15, 0.2) is 31.1 Å². The van der Waals surface area contributed by atoms with E-state index in [0.29, 0.717) is 0 Å². The number of aliphatic hydroxyl groups excluding tert-OH is 4. The van der Waals surface area contributed by atoms with Crippen molar-refractivity contribution in [1.29, 1.82) is 5.41 Å². The summed E-state index contributed by atoms with van der Waals surface area (Å²) in [5.41, 5.74) is 6.10. The summed E-state index contributed by atoms with van der Waals surface area (Å²) in [5, 5.41) is 60.0. The molecule has 9 N–H and O–H groups in total. The Balaban J connectivity index is 1.16. The molecule has 0 amide bonds. The van der Waals surface area contributed by atoms with Crippen LogP contribution in [0.2, 0.25) is 0 Å². The van der Waals surface area contributed by atoms with E-state index < -0.39 is 83.7 Å². The fraction of sp³-hybridized carbons (Fsp3) is 0.476. The number of aliphatic hydroxyl groups is 4. The molecule has 44 heavy (non-hydrogen) atoms. The molecule has 0 radical (unpaired) electrons. The first-order chi connectivity index (χ1) is 20.7. The molecule has 0 saturated carbocycles. The number of ether oxygens (including phenoxy) is 2. The molecule has 2 aliphatic rings. The molecule has 0 aromatic carbocycles. The molecule has 0 bridgehead atoms. The van der Waals surface area contributed by atoms with Crippen molar-refractivity contribution in [1.82, 2.24) is 24.5 Å². The Morgan fingerprint density at radius 1 is 0.977 bits per heavy atom. The van der Waals surface area contributed by atoms with Gasteiger partial charge in [-0.05, 0) is 12.0 Å². The predicted octanol–water partition coefficient (Wildman–Crippen LogP) is -2.78. The van der Waals surface area contributed by atoms with Crippen molar-refractivity contribution in [3.63, 3.8) is 0 Å². The van der Waals surface area contributed by atoms with E-state index in [0.717, 1.165) is 12.5 Å². The van der Waals surface area contributed by atoms with Gasteiger partial charge in [0.2, 0.25) is 0 Å². The van der Waals surface area contributed by atoms with E-state index in [1.54, 1.807) is 0 Å². The number of fused-ring (bicyclic) bond motifs is 1. The van der Waals surface area contributed by atoms with Crippen molar-refractivity contribution < 1.29 is 67.3 Å². The Morgan fingerprint density at radius 2 is 1.61 bits per heavy atom. The number of hydrogen-bond acceptors (Lipinski definition) is 18. The van der Waals surface area contributed by atoms with Crippen LogP contribution in [0.5, 0.6) is 0 Å². The summed E-state index contributed by atoms with van der Waals surface area (Å²) in [6.45, 7) is -1.82. The van der Waals surface area contributed by atoms with E-state index in [-0.39, 0.29) is 28.1 Å². The number of phosphoric acid groups is 2. The number of imidazole rings is 1. The number of nitrogens with one attached hydrogen (secondary N) is 1. The number of pyridine rings is 1. The molecule has 2 saturated heterocycles. The van der Waals surface area contributed by atoms with Gasteiger partial charge in [0.25, 0.3) is 0 Å². The molecular formula is C21H26N7O14P2-. The molecule has 0 spiro atoms. The average Bonchev–Trinajstić information content (AvgIpc) is 3.61. The van der Waals surface area contributed by atoms with E-state index in [1.165, 1.54) is 23.2 Å². The summed E-state index contributed by atoms with van der Waals surface area (Å²) >= 11 is 0. The third kappa shape index (κ3) is 6.65. The number of nitrogen functional groups attached to an aromatic ring is 1. The van der Waals surface area contributed by atoms with Crippen LogP contribution in [0, 0.1) is 5.41 Å². The lowest BCUT2D eigenvalue weighted by Gasteiger charge is -2.20. The van der Waals surface area contributed by atoms with Crippen LogP contribution in [0.25, 0.3) is 11.2 Å². The molecule has 3 aromatic rings. The molecule has 2 aliphatic heterocycles. The first-order valence-electron chi connectivity index (χ1n) is 12.5. The van der Waals surface area contributed by atoms with Crippen LogP contribution < -0.4 is 10.8 Å². The highest BCUT2D eigenvalue weighted by Gasteiger charge is 2.48. The molecule has 23 heteroatoms. The molecule has 2 unspecified atom stereocenters. The van der Waals surface area contributed by atoms with Crippen molar-refractivity contribution in [2.24, 2.45) is 0 Å². The van der Waals surface area contributed by atoms with Crippen molar-refractivity contribution in [3.05, 3.63) is 42.2 Å². The Hall–Kier alpha value is -3.01. The molecule has 3 aromatic heterocycles. The van der Waals surface area contributed by atoms with Gasteiger partial charge in [-0.25, -0.2) is 24.1 Å². The SMILES string of the molecule is N=C([O-])c1cncc([C@@H]2O[C@H](COP(=O)(O)OP(=O)(O)OC[C@H]3O[C@@H](n4cnc5c(N)ncnc54)[C@H](O)[C@@H]3O)[C@@H](O)[C@H]2O)c1. The van der Waals surface area contributed by atoms with Crippen molar-refractivity contribution >= 4 is 38.5 Å². The molecule has 21 nitrogen and oxygen atoms in total. The highest BCUT2D eigenvalue weighted by Crippen LogP contribution is 2.60. The minimum absolute atomic E-state index is 0.0470. The summed E-state index contributed by atoms with van der Waals surface area (Å²) in [6, 6.07) is 1.21. The summed E-state index contributed by atoms with van der Waals surface area (Å²) < 4.78 is 50.7. The van der Waals surface area contributed by atoms with Gasteiger partial charge in [0.05, 0.1) is 19.5 Å². The molecule has 5 heterocycles. The summed E-state index contributed by atoms with van der Waals surface area (Å²) in [5.74, 6) is -1.01. The van der Waals surface area contributed by atoms with E-state index in [1.807, 2.05) is 0 Å². The van der Waals surface area contributed by atoms with Gasteiger partial charge < -0.3 is 55.9 Å². The highest BCUT2D eigenvalue weighted by molar-refractivity contribution is 7.61. The van der Waals surface area contributed by atoms with Crippen LogP contribution in [0.4, 0.5) is 5.82 Å². The molecule has 2 fully saturated rings. The standard InChI is InChI=1S/C21H27N7O14P2/c22-18-12-20(26-6-25-18)28(7-27-12)21-16(32)14(30)11(41-21)5-39-44(36,37)42-43(34,35)38-4-10-13(29)15(31)17(40-10)8-1-9(19(23)33)3-24-2-8/h1-3,6-7,10-11,13-17,21,29-32H,4-5H2,(H2,23,33)(H,34,35)(H,36,37)(H2,22,25,26)/p-1/t10-,11-,13-,14-,15-,16-,17+,21-/m1/s1. The highest BCUT2D eigenvalue weighted by atomic mass is 31.3. The fourth-order valence-corrected chi connectivity index (χ4v) is 6.66. The van der Waals surface area contributed by atoms with Gasteiger partial charge in [-0.1, -0.05) is 0 Å². The topological polar surface area (TPSA) is 331 Å². The van der Waals surface area contributed by atoms with Crippen molar-refractivity contribution in [2.75, 3.05) is 18.9 Å². The third-order valence-corrected chi connectivity index (χ3v) is 9.32. The van der Waals surface area contributed by atoms with Crippen LogP contribution in [-0.4, -0.2) is 110 Å². The van der Waals surface area contributed by atoms with Gasteiger partial charge in [0.15, 0.2) is 17.7 Å². The smallest absolute Gasteiger partial charge is 0.481 e. The fourth-order valence-electron chi connectivity index (χ4n) is 4.57. The second kappa shape index (κ2) is 12.4. The lowest BCUT2D eigenvalue weighted by molar-refractivity contribution is -0.214. The maximum absolute atomic E-state index is 12.4. The van der Waals surface area contributed by atoms with E-state index >= 15 is 0 Å².